The molecule has 1 radical (unpaired) electrons. The van der Waals surface area contributed by atoms with Crippen LogP contribution in [-0.2, 0) is 14.6 Å². The largest absolute Gasteiger partial charge is 0.633 e. The Kier molecular flexibility index (Phi) is 7.03. The van der Waals surface area contributed by atoms with Gasteiger partial charge in [0.25, 0.3) is 5.78 Å². The van der Waals surface area contributed by atoms with Crippen molar-refractivity contribution >= 4 is 15.8 Å². The van der Waals surface area contributed by atoms with Gasteiger partial charge < -0.3 is 13.3 Å². The molecule has 0 aliphatic carbocycles. The minimum Gasteiger partial charge on any atom is -0.633 e. The SMILES string of the molecule is CC(C)C1=CC(c2ccc(C(C)(C)C)cc2)=[O+][Si-]O1.COC. The lowest BCUT2D eigenvalue weighted by atomic mass is 9.86. The third-order valence-electron chi connectivity index (χ3n) is 3.19. The lowest BCUT2D eigenvalue weighted by Crippen LogP contribution is -2.15. The van der Waals surface area contributed by atoms with Gasteiger partial charge in [-0.15, -0.1) is 0 Å². The van der Waals surface area contributed by atoms with Gasteiger partial charge in [-0.3, -0.25) is 0 Å². The van der Waals surface area contributed by atoms with Gasteiger partial charge in [-0.25, -0.2) is 0 Å². The molecule has 1 aliphatic heterocycles. The Labute approximate surface area is 137 Å². The van der Waals surface area contributed by atoms with E-state index in [9.17, 15) is 0 Å². The van der Waals surface area contributed by atoms with Crippen molar-refractivity contribution in [2.45, 2.75) is 40.0 Å². The van der Waals surface area contributed by atoms with Gasteiger partial charge in [0.15, 0.2) is 0 Å². The molecule has 1 aromatic rings. The zero-order valence-corrected chi connectivity index (χ0v) is 15.7. The molecule has 0 atom stereocenters. The van der Waals surface area contributed by atoms with Crippen LogP contribution in [0.2, 0.25) is 0 Å². The van der Waals surface area contributed by atoms with Gasteiger partial charge in [0.05, 0.1) is 17.4 Å². The van der Waals surface area contributed by atoms with Gasteiger partial charge in [-0.1, -0.05) is 46.8 Å². The summed E-state index contributed by atoms with van der Waals surface area (Å²) in [5, 5.41) is 0. The minimum absolute atomic E-state index is 0.0617. The van der Waals surface area contributed by atoms with E-state index < -0.39 is 0 Å². The predicted molar refractivity (Wildman–Crippen MR) is 92.2 cm³/mol. The van der Waals surface area contributed by atoms with Crippen LogP contribution in [0.15, 0.2) is 36.1 Å². The summed E-state index contributed by atoms with van der Waals surface area (Å²) in [6.45, 7) is 10.9. The standard InChI is InChI=1S/C16H21O2Si.C2H6O/c1-11(2)14-10-15(18-19-17-14)12-6-8-13(9-7-12)16(3,4)5;1-3-2/h6-11H,1-5H3;1-2H3. The van der Waals surface area contributed by atoms with Crippen LogP contribution in [0.1, 0.15) is 49.9 Å². The van der Waals surface area contributed by atoms with Crippen molar-refractivity contribution < 1.29 is 13.3 Å². The molecule has 0 spiro atoms. The zero-order chi connectivity index (χ0) is 16.8. The number of ketones is 1. The van der Waals surface area contributed by atoms with Crippen LogP contribution in [0.5, 0.6) is 0 Å². The first-order valence-electron chi connectivity index (χ1n) is 7.48. The van der Waals surface area contributed by atoms with Gasteiger partial charge in [0.2, 0.25) is 0 Å². The lowest BCUT2D eigenvalue weighted by molar-refractivity contribution is -0.108. The first-order chi connectivity index (χ1) is 10.3. The fraction of sp³-hybridized carbons (Fsp3) is 0.500. The Bertz CT molecular complexity index is 522. The van der Waals surface area contributed by atoms with Crippen molar-refractivity contribution in [2.24, 2.45) is 5.92 Å². The first kappa shape index (κ1) is 18.7. The molecule has 0 N–H and O–H groups in total. The fourth-order valence-corrected chi connectivity index (χ4v) is 2.56. The fourth-order valence-electron chi connectivity index (χ4n) is 1.86. The number of carbonyl (C=O) groups excluding carboxylic acids is 1. The second kappa shape index (κ2) is 8.29. The van der Waals surface area contributed by atoms with Crippen LogP contribution in [0, 0.1) is 5.92 Å². The van der Waals surface area contributed by atoms with E-state index in [4.69, 9.17) is 8.54 Å². The van der Waals surface area contributed by atoms with E-state index in [1.54, 1.807) is 14.2 Å². The van der Waals surface area contributed by atoms with E-state index in [-0.39, 0.29) is 15.4 Å². The molecule has 0 saturated carbocycles. The Morgan fingerprint density at radius 3 is 2.09 bits per heavy atom. The number of hydrogen-bond acceptors (Lipinski definition) is 2. The first-order valence-corrected chi connectivity index (χ1v) is 8.29. The highest BCUT2D eigenvalue weighted by molar-refractivity contribution is 6.22. The van der Waals surface area contributed by atoms with Gasteiger partial charge in [0.1, 0.15) is 0 Å². The van der Waals surface area contributed by atoms with Crippen LogP contribution in [0.25, 0.3) is 0 Å². The number of allylic oxidation sites excluding steroid dienone is 2. The van der Waals surface area contributed by atoms with Crippen LogP contribution in [-0.4, -0.2) is 30.0 Å². The smallest absolute Gasteiger partial charge is 0.424 e. The number of methoxy groups -OCH3 is 1. The van der Waals surface area contributed by atoms with E-state index in [1.807, 2.05) is 6.08 Å². The third kappa shape index (κ3) is 5.43. The summed E-state index contributed by atoms with van der Waals surface area (Å²) >= 11 is 0. The second-order valence-corrected chi connectivity index (χ2v) is 7.16. The maximum atomic E-state index is 5.62. The monoisotopic (exact) mass is 319 g/mol. The molecule has 121 valence electrons. The van der Waals surface area contributed by atoms with Crippen molar-refractivity contribution in [1.82, 2.24) is 0 Å². The minimum atomic E-state index is 0.0617. The summed E-state index contributed by atoms with van der Waals surface area (Å²) in [4.78, 5) is 0. The van der Waals surface area contributed by atoms with Crippen molar-refractivity contribution in [3.05, 3.63) is 47.2 Å². The summed E-state index contributed by atoms with van der Waals surface area (Å²) in [7, 11) is 3.31. The van der Waals surface area contributed by atoms with Crippen LogP contribution in [0.3, 0.4) is 0 Å². The molecule has 0 amide bonds. The van der Waals surface area contributed by atoms with E-state index in [1.165, 1.54) is 5.56 Å². The quantitative estimate of drug-likeness (QED) is 0.607. The maximum absolute atomic E-state index is 5.62. The van der Waals surface area contributed by atoms with Crippen molar-refractivity contribution in [1.29, 1.82) is 0 Å². The molecule has 1 aromatic carbocycles. The van der Waals surface area contributed by atoms with Gasteiger partial charge in [-0.05, 0) is 23.1 Å². The maximum Gasteiger partial charge on any atom is 0.424 e. The highest BCUT2D eigenvalue weighted by Gasteiger charge is 2.18. The molecule has 4 heteroatoms. The normalized spacial score (nSPS) is 14.2. The van der Waals surface area contributed by atoms with E-state index >= 15 is 0 Å². The summed E-state index contributed by atoms with van der Waals surface area (Å²) in [5.74, 6) is 2.30. The van der Waals surface area contributed by atoms with Gasteiger partial charge in [0, 0.05) is 20.1 Å². The zero-order valence-electron chi connectivity index (χ0n) is 14.7. The molecule has 22 heavy (non-hydrogen) atoms. The Morgan fingerprint density at radius 1 is 1.09 bits per heavy atom. The summed E-state index contributed by atoms with van der Waals surface area (Å²) in [5.41, 5.74) is 2.63. The molecule has 0 unspecified atom stereocenters. The molecule has 0 saturated heterocycles. The summed E-state index contributed by atoms with van der Waals surface area (Å²) in [6, 6.07) is 8.60. The van der Waals surface area contributed by atoms with Gasteiger partial charge >= 0.3 is 10.0 Å². The average Bonchev–Trinajstić information content (AvgIpc) is 2.47. The summed E-state index contributed by atoms with van der Waals surface area (Å²) in [6.07, 6.45) is 2.01. The highest BCUT2D eigenvalue weighted by Crippen LogP contribution is 2.23. The Morgan fingerprint density at radius 2 is 1.64 bits per heavy atom. The second-order valence-electron chi connectivity index (χ2n) is 6.59. The predicted octanol–water partition coefficient (Wildman–Crippen LogP) is 4.07. The van der Waals surface area contributed by atoms with E-state index in [0.29, 0.717) is 5.92 Å². The average molecular weight is 319 g/mol. The molecule has 1 heterocycles. The number of hydrogen-bond donors (Lipinski definition) is 0. The number of rotatable bonds is 2. The van der Waals surface area contributed by atoms with Crippen molar-refractivity contribution in [3.8, 4) is 0 Å². The Hall–Kier alpha value is -1.39. The van der Waals surface area contributed by atoms with Crippen LogP contribution < -0.4 is 0 Å². The molecule has 2 rings (SSSR count). The van der Waals surface area contributed by atoms with Crippen LogP contribution in [0.4, 0.5) is 0 Å². The molecule has 0 bridgehead atoms. The highest BCUT2D eigenvalue weighted by atomic mass is 28.2. The summed E-state index contributed by atoms with van der Waals surface area (Å²) < 4.78 is 15.4. The van der Waals surface area contributed by atoms with Crippen LogP contribution >= 0.6 is 0 Å². The molecule has 0 fully saturated rings. The topological polar surface area (TPSA) is 29.8 Å². The molecule has 0 aromatic heterocycles. The molecule has 3 nitrogen and oxygen atoms in total. The molecule has 1 aliphatic rings. The van der Waals surface area contributed by atoms with Crippen molar-refractivity contribution in [2.75, 3.05) is 14.2 Å². The number of ether oxygens (including phenoxy) is 1. The molecular formula is C18H27O3Si. The van der Waals surface area contributed by atoms with Gasteiger partial charge in [-0.2, -0.15) is 0 Å². The lowest BCUT2D eigenvalue weighted by Gasteiger charge is -2.20. The number of benzene rings is 1. The van der Waals surface area contributed by atoms with E-state index in [0.717, 1.165) is 17.1 Å². The van der Waals surface area contributed by atoms with E-state index in [2.05, 4.69) is 63.6 Å². The molecular weight excluding hydrogens is 292 g/mol. The third-order valence-corrected chi connectivity index (χ3v) is 3.81. The Balaban J connectivity index is 0.000000745. The van der Waals surface area contributed by atoms with Crippen molar-refractivity contribution in [3.63, 3.8) is 0 Å².